The first kappa shape index (κ1) is 15.1. The van der Waals surface area contributed by atoms with Crippen LogP contribution in [0, 0.1) is 0 Å². The molecule has 1 fully saturated rings. The number of nitrogens with zero attached hydrogens (tertiary/aromatic N) is 1. The summed E-state index contributed by atoms with van der Waals surface area (Å²) in [4.78, 5) is 1.77. The molecule has 0 saturated carbocycles. The Morgan fingerprint density at radius 1 is 1.20 bits per heavy atom. The average Bonchev–Trinajstić information content (AvgIpc) is 2.37. The molecular weight excluding hydrogens is 293 g/mol. The average molecular weight is 308 g/mol. The fraction of sp³-hybridized carbons (Fsp3) is 0.500. The minimum absolute atomic E-state index is 0.0119. The number of alkyl halides is 3. The molecule has 2 N–H and O–H groups in total. The lowest BCUT2D eigenvalue weighted by Crippen LogP contribution is -2.40. The van der Waals surface area contributed by atoms with Gasteiger partial charge >= 0.3 is 6.18 Å². The van der Waals surface area contributed by atoms with E-state index in [2.05, 4.69) is 0 Å². The third-order valence-corrected chi connectivity index (χ3v) is 4.92. The first-order valence-electron chi connectivity index (χ1n) is 6.08. The number of hydrogen-bond donors (Lipinski definition) is 1. The predicted octanol–water partition coefficient (Wildman–Crippen LogP) is 1.40. The zero-order valence-corrected chi connectivity index (χ0v) is 11.5. The van der Waals surface area contributed by atoms with Crippen LogP contribution in [-0.2, 0) is 22.6 Å². The van der Waals surface area contributed by atoms with E-state index in [1.54, 1.807) is 4.90 Å². The summed E-state index contributed by atoms with van der Waals surface area (Å²) in [5.74, 6) is 0.0239. The quantitative estimate of drug-likeness (QED) is 0.897. The van der Waals surface area contributed by atoms with Gasteiger partial charge in [-0.15, -0.1) is 0 Å². The Balaban J connectivity index is 2.29. The zero-order valence-electron chi connectivity index (χ0n) is 10.7. The molecule has 0 radical (unpaired) electrons. The van der Waals surface area contributed by atoms with E-state index >= 15 is 0 Å². The van der Waals surface area contributed by atoms with Gasteiger partial charge in [0.25, 0.3) is 0 Å². The Hall–Kier alpha value is -1.28. The van der Waals surface area contributed by atoms with E-state index in [4.69, 9.17) is 5.73 Å². The maximum atomic E-state index is 12.6. The molecule has 0 aliphatic carbocycles. The molecule has 2 rings (SSSR count). The van der Waals surface area contributed by atoms with E-state index in [1.807, 2.05) is 0 Å². The monoisotopic (exact) mass is 308 g/mol. The number of halogens is 3. The van der Waals surface area contributed by atoms with Gasteiger partial charge in [0, 0.05) is 25.3 Å². The van der Waals surface area contributed by atoms with Crippen LogP contribution in [-0.4, -0.2) is 33.0 Å². The van der Waals surface area contributed by atoms with Crippen LogP contribution in [0.25, 0.3) is 0 Å². The fourth-order valence-electron chi connectivity index (χ4n) is 2.19. The summed E-state index contributed by atoms with van der Waals surface area (Å²) in [6.07, 6.45) is -4.41. The molecule has 0 aromatic heterocycles. The third-order valence-electron chi connectivity index (χ3n) is 3.31. The van der Waals surface area contributed by atoms with Crippen molar-refractivity contribution >= 4 is 15.5 Å². The molecule has 20 heavy (non-hydrogen) atoms. The van der Waals surface area contributed by atoms with Gasteiger partial charge in [-0.1, -0.05) is 0 Å². The van der Waals surface area contributed by atoms with Gasteiger partial charge in [-0.25, -0.2) is 8.42 Å². The van der Waals surface area contributed by atoms with Crippen LogP contribution in [0.3, 0.4) is 0 Å². The summed E-state index contributed by atoms with van der Waals surface area (Å²) in [5, 5.41) is 0. The molecular formula is C12H15F3N2O2S. The summed E-state index contributed by atoms with van der Waals surface area (Å²) in [7, 11) is -3.03. The number of hydrogen-bond acceptors (Lipinski definition) is 4. The lowest BCUT2D eigenvalue weighted by Gasteiger charge is -2.30. The van der Waals surface area contributed by atoms with E-state index in [0.29, 0.717) is 11.3 Å². The van der Waals surface area contributed by atoms with E-state index in [-0.39, 0.29) is 31.1 Å². The summed E-state index contributed by atoms with van der Waals surface area (Å²) >= 11 is 0. The molecule has 1 aliphatic heterocycles. The normalized spacial score (nSPS) is 19.1. The largest absolute Gasteiger partial charge is 0.416 e. The van der Waals surface area contributed by atoms with Gasteiger partial charge in [0.2, 0.25) is 0 Å². The molecule has 8 heteroatoms. The van der Waals surface area contributed by atoms with Crippen LogP contribution >= 0.6 is 0 Å². The first-order chi connectivity index (χ1) is 9.23. The Morgan fingerprint density at radius 2 is 1.80 bits per heavy atom. The zero-order chi connectivity index (χ0) is 15.0. The van der Waals surface area contributed by atoms with Crippen molar-refractivity contribution in [3.63, 3.8) is 0 Å². The van der Waals surface area contributed by atoms with Gasteiger partial charge < -0.3 is 10.6 Å². The molecule has 0 spiro atoms. The molecule has 4 nitrogen and oxygen atoms in total. The highest BCUT2D eigenvalue weighted by atomic mass is 32.2. The van der Waals surface area contributed by atoms with Gasteiger partial charge in [0.15, 0.2) is 9.84 Å². The van der Waals surface area contributed by atoms with Crippen LogP contribution < -0.4 is 10.6 Å². The number of rotatable bonds is 2. The third kappa shape index (κ3) is 3.24. The van der Waals surface area contributed by atoms with Crippen molar-refractivity contribution < 1.29 is 21.6 Å². The summed E-state index contributed by atoms with van der Waals surface area (Å²) in [6.45, 7) is 0.532. The summed E-state index contributed by atoms with van der Waals surface area (Å²) < 4.78 is 60.7. The van der Waals surface area contributed by atoms with Crippen molar-refractivity contribution in [1.29, 1.82) is 0 Å². The van der Waals surface area contributed by atoms with Gasteiger partial charge in [0.1, 0.15) is 0 Å². The van der Waals surface area contributed by atoms with E-state index < -0.39 is 21.6 Å². The minimum Gasteiger partial charge on any atom is -0.369 e. The Kier molecular flexibility index (Phi) is 3.97. The second-order valence-corrected chi connectivity index (χ2v) is 6.99. The molecule has 1 heterocycles. The van der Waals surface area contributed by atoms with Crippen LogP contribution in [0.15, 0.2) is 18.2 Å². The molecule has 1 aromatic rings. The lowest BCUT2D eigenvalue weighted by molar-refractivity contribution is -0.137. The van der Waals surface area contributed by atoms with Crippen LogP contribution in [0.5, 0.6) is 0 Å². The molecule has 0 bridgehead atoms. The highest BCUT2D eigenvalue weighted by molar-refractivity contribution is 7.91. The molecule has 1 aliphatic rings. The number of nitrogens with two attached hydrogens (primary N) is 1. The van der Waals surface area contributed by atoms with Crippen molar-refractivity contribution in [3.8, 4) is 0 Å². The van der Waals surface area contributed by atoms with Gasteiger partial charge in [-0.05, 0) is 23.8 Å². The van der Waals surface area contributed by atoms with Crippen molar-refractivity contribution in [1.82, 2.24) is 0 Å². The van der Waals surface area contributed by atoms with Crippen molar-refractivity contribution in [2.75, 3.05) is 29.5 Å². The van der Waals surface area contributed by atoms with Crippen LogP contribution in [0.1, 0.15) is 11.1 Å². The molecule has 0 unspecified atom stereocenters. The topological polar surface area (TPSA) is 63.4 Å². The number of benzene rings is 1. The fourth-order valence-corrected chi connectivity index (χ4v) is 3.39. The molecule has 1 saturated heterocycles. The Bertz CT molecular complexity index is 585. The maximum Gasteiger partial charge on any atom is 0.416 e. The smallest absolute Gasteiger partial charge is 0.369 e. The highest BCUT2D eigenvalue weighted by Crippen LogP contribution is 2.33. The van der Waals surface area contributed by atoms with E-state index in [9.17, 15) is 21.6 Å². The minimum atomic E-state index is -4.41. The van der Waals surface area contributed by atoms with Gasteiger partial charge in [-0.3, -0.25) is 0 Å². The van der Waals surface area contributed by atoms with Gasteiger partial charge in [0.05, 0.1) is 17.1 Å². The second kappa shape index (κ2) is 5.25. The number of sulfone groups is 1. The van der Waals surface area contributed by atoms with Crippen LogP contribution in [0.2, 0.25) is 0 Å². The molecule has 112 valence electrons. The Morgan fingerprint density at radius 3 is 2.30 bits per heavy atom. The van der Waals surface area contributed by atoms with Gasteiger partial charge in [-0.2, -0.15) is 13.2 Å². The summed E-state index contributed by atoms with van der Waals surface area (Å²) in [6, 6.07) is 3.39. The Labute approximate surface area is 115 Å². The standard InChI is InChI=1S/C12H15F3N2O2S/c13-12(14,15)10-1-2-11(9(7-10)8-16)17-3-5-20(18,19)6-4-17/h1-2,7H,3-6,8,16H2. The molecule has 0 amide bonds. The lowest BCUT2D eigenvalue weighted by atomic mass is 10.1. The van der Waals surface area contributed by atoms with E-state index in [1.165, 1.54) is 6.07 Å². The van der Waals surface area contributed by atoms with Crippen molar-refractivity contribution in [3.05, 3.63) is 29.3 Å². The van der Waals surface area contributed by atoms with Crippen LogP contribution in [0.4, 0.5) is 18.9 Å². The van der Waals surface area contributed by atoms with Crippen molar-refractivity contribution in [2.45, 2.75) is 12.7 Å². The SMILES string of the molecule is NCc1cc(C(F)(F)F)ccc1N1CCS(=O)(=O)CC1. The number of anilines is 1. The predicted molar refractivity (Wildman–Crippen MR) is 70.2 cm³/mol. The first-order valence-corrected chi connectivity index (χ1v) is 7.90. The summed E-state index contributed by atoms with van der Waals surface area (Å²) in [5.41, 5.74) is 5.72. The maximum absolute atomic E-state index is 12.6. The molecule has 0 atom stereocenters. The second-order valence-electron chi connectivity index (χ2n) is 4.68. The molecule has 1 aromatic carbocycles. The van der Waals surface area contributed by atoms with Crippen molar-refractivity contribution in [2.24, 2.45) is 5.73 Å². The highest BCUT2D eigenvalue weighted by Gasteiger charge is 2.31. The van der Waals surface area contributed by atoms with E-state index in [0.717, 1.165) is 12.1 Å².